The Morgan fingerprint density at radius 3 is 3.06 bits per heavy atom. The summed E-state index contributed by atoms with van der Waals surface area (Å²) in [6.45, 7) is 6.88. The molecule has 1 aliphatic rings. The standard InChI is InChI=1S/C24H29FN5O2P/c1-15(6-9-27-16(2)26)20-14-30-23(19-8-11-32-22(19)20)29-13-17-4-3-5-18(12-17)24(31)28-10-7-21(25)33/h3-6,9,12,14,21H,2,7-8,10-11,13,26,33H2,1H3,(H,28,31)(H,29,30)/b15-6+,27-9-. The summed E-state index contributed by atoms with van der Waals surface area (Å²) in [6.07, 6.45) is 6.24. The van der Waals surface area contributed by atoms with E-state index in [-0.39, 0.29) is 24.7 Å². The van der Waals surface area contributed by atoms with Crippen LogP contribution >= 0.6 is 9.24 Å². The molecule has 0 aliphatic carbocycles. The molecule has 0 spiro atoms. The minimum absolute atomic E-state index is 0.219. The monoisotopic (exact) mass is 469 g/mol. The molecule has 33 heavy (non-hydrogen) atoms. The number of allylic oxidation sites excluding steroid dienone is 2. The van der Waals surface area contributed by atoms with E-state index in [0.717, 1.165) is 40.3 Å². The first kappa shape index (κ1) is 24.4. The van der Waals surface area contributed by atoms with Crippen LogP contribution in [0.5, 0.6) is 5.75 Å². The Balaban J connectivity index is 1.69. The lowest BCUT2D eigenvalue weighted by Crippen LogP contribution is -2.25. The molecule has 0 saturated carbocycles. The predicted molar refractivity (Wildman–Crippen MR) is 134 cm³/mol. The minimum atomic E-state index is -1.02. The zero-order chi connectivity index (χ0) is 23.8. The second-order valence-electron chi connectivity index (χ2n) is 7.66. The van der Waals surface area contributed by atoms with Gasteiger partial charge in [-0.25, -0.2) is 14.4 Å². The van der Waals surface area contributed by atoms with Gasteiger partial charge in [0.15, 0.2) is 0 Å². The van der Waals surface area contributed by atoms with Gasteiger partial charge in [-0.15, -0.1) is 9.24 Å². The summed E-state index contributed by atoms with van der Waals surface area (Å²) in [4.78, 5) is 20.9. The summed E-state index contributed by atoms with van der Waals surface area (Å²) in [5.74, 6) is 0.572. The number of nitrogens with one attached hydrogen (secondary N) is 2. The third-order valence-corrected chi connectivity index (χ3v) is 5.40. The van der Waals surface area contributed by atoms with Crippen LogP contribution in [0.2, 0.25) is 0 Å². The first-order valence-electron chi connectivity index (χ1n) is 10.7. The predicted octanol–water partition coefficient (Wildman–Crippen LogP) is 3.82. The fourth-order valence-electron chi connectivity index (χ4n) is 3.39. The number of amides is 1. The van der Waals surface area contributed by atoms with E-state index in [1.807, 2.05) is 31.2 Å². The van der Waals surface area contributed by atoms with Gasteiger partial charge in [0.25, 0.3) is 5.91 Å². The summed E-state index contributed by atoms with van der Waals surface area (Å²) < 4.78 is 18.8. The van der Waals surface area contributed by atoms with Crippen LogP contribution in [0.1, 0.15) is 40.4 Å². The van der Waals surface area contributed by atoms with E-state index in [1.54, 1.807) is 18.5 Å². The van der Waals surface area contributed by atoms with E-state index in [2.05, 4.69) is 36.4 Å². The van der Waals surface area contributed by atoms with Gasteiger partial charge in [-0.3, -0.25) is 4.79 Å². The maximum absolute atomic E-state index is 12.9. The number of aliphatic imine (C=N–C) groups is 1. The molecule has 1 aliphatic heterocycles. The number of carbonyl (C=O) groups is 1. The molecule has 2 atom stereocenters. The van der Waals surface area contributed by atoms with Crippen molar-refractivity contribution in [2.75, 3.05) is 18.5 Å². The fraction of sp³-hybridized carbons (Fsp3) is 0.292. The van der Waals surface area contributed by atoms with Gasteiger partial charge in [0.2, 0.25) is 0 Å². The quantitative estimate of drug-likeness (QED) is 0.363. The molecular formula is C24H29FN5O2P. The van der Waals surface area contributed by atoms with Crippen LogP contribution in [0.4, 0.5) is 10.2 Å². The van der Waals surface area contributed by atoms with Crippen LogP contribution in [0.25, 0.3) is 5.57 Å². The number of alkyl halides is 1. The van der Waals surface area contributed by atoms with E-state index in [0.29, 0.717) is 18.7 Å². The molecule has 2 unspecified atom stereocenters. The first-order valence-corrected chi connectivity index (χ1v) is 11.3. The first-order chi connectivity index (χ1) is 15.8. The Bertz CT molecular complexity index is 1080. The molecule has 4 N–H and O–H groups in total. The molecule has 1 aromatic heterocycles. The molecule has 2 aromatic rings. The molecule has 0 bridgehead atoms. The van der Waals surface area contributed by atoms with E-state index in [9.17, 15) is 9.18 Å². The van der Waals surface area contributed by atoms with Gasteiger partial charge < -0.3 is 21.1 Å². The number of anilines is 1. The lowest BCUT2D eigenvalue weighted by atomic mass is 10.0. The average Bonchev–Trinajstić information content (AvgIpc) is 3.27. The maximum atomic E-state index is 12.9. The van der Waals surface area contributed by atoms with Crippen LogP contribution in [-0.2, 0) is 13.0 Å². The highest BCUT2D eigenvalue weighted by molar-refractivity contribution is 7.17. The second kappa shape index (κ2) is 11.6. The fourth-order valence-corrected chi connectivity index (χ4v) is 3.56. The van der Waals surface area contributed by atoms with Crippen LogP contribution in [0.3, 0.4) is 0 Å². The van der Waals surface area contributed by atoms with Crippen LogP contribution in [0.15, 0.2) is 53.9 Å². The normalized spacial score (nSPS) is 14.0. The van der Waals surface area contributed by atoms with E-state index in [4.69, 9.17) is 10.5 Å². The molecule has 7 nitrogen and oxygen atoms in total. The van der Waals surface area contributed by atoms with Crippen LogP contribution < -0.4 is 21.1 Å². The van der Waals surface area contributed by atoms with Crippen molar-refractivity contribution in [3.05, 3.63) is 71.2 Å². The van der Waals surface area contributed by atoms with Gasteiger partial charge in [-0.2, -0.15) is 0 Å². The summed E-state index contributed by atoms with van der Waals surface area (Å²) >= 11 is 0. The van der Waals surface area contributed by atoms with Crippen molar-refractivity contribution in [2.24, 2.45) is 10.7 Å². The summed E-state index contributed by atoms with van der Waals surface area (Å²) in [5.41, 5.74) is 9.81. The van der Waals surface area contributed by atoms with Gasteiger partial charge in [0.1, 0.15) is 23.3 Å². The Hall–Kier alpha value is -3.25. The zero-order valence-corrected chi connectivity index (χ0v) is 19.8. The van der Waals surface area contributed by atoms with Crippen molar-refractivity contribution in [2.45, 2.75) is 32.2 Å². The van der Waals surface area contributed by atoms with E-state index < -0.39 is 5.91 Å². The molecule has 2 heterocycles. The highest BCUT2D eigenvalue weighted by Crippen LogP contribution is 2.37. The van der Waals surface area contributed by atoms with Crippen LogP contribution in [0, 0.1) is 0 Å². The molecule has 0 radical (unpaired) electrons. The van der Waals surface area contributed by atoms with Gasteiger partial charge in [-0.1, -0.05) is 18.7 Å². The van der Waals surface area contributed by atoms with Gasteiger partial charge in [0.05, 0.1) is 6.61 Å². The van der Waals surface area contributed by atoms with Crippen molar-refractivity contribution in [1.29, 1.82) is 0 Å². The number of pyridine rings is 1. The Kier molecular flexibility index (Phi) is 8.55. The summed E-state index contributed by atoms with van der Waals surface area (Å²) in [5, 5.41) is 6.10. The molecule has 9 heteroatoms. The molecule has 3 rings (SSSR count). The SMILES string of the molecule is C=C(N)/N=C\C=C(/C)c1cnc(NCc2cccc(C(=O)NCCC(F)P)c2)c2c1OCC2. The van der Waals surface area contributed by atoms with Crippen molar-refractivity contribution < 1.29 is 13.9 Å². The van der Waals surface area contributed by atoms with Gasteiger partial charge in [-0.05, 0) is 42.7 Å². The third-order valence-electron chi connectivity index (χ3n) is 5.07. The number of nitrogens with zero attached hydrogens (tertiary/aromatic N) is 2. The molecule has 1 aromatic carbocycles. The van der Waals surface area contributed by atoms with Crippen molar-refractivity contribution in [1.82, 2.24) is 10.3 Å². The third kappa shape index (κ3) is 6.86. The lowest BCUT2D eigenvalue weighted by Gasteiger charge is -2.13. The second-order valence-corrected chi connectivity index (χ2v) is 8.38. The molecule has 174 valence electrons. The average molecular weight is 470 g/mol. The van der Waals surface area contributed by atoms with Gasteiger partial charge >= 0.3 is 0 Å². The Morgan fingerprint density at radius 2 is 2.30 bits per heavy atom. The number of hydrogen-bond donors (Lipinski definition) is 3. The number of ether oxygens (including phenoxy) is 1. The van der Waals surface area contributed by atoms with E-state index in [1.165, 1.54) is 0 Å². The number of nitrogens with two attached hydrogens (primary N) is 1. The zero-order valence-electron chi connectivity index (χ0n) is 18.6. The Morgan fingerprint density at radius 1 is 1.48 bits per heavy atom. The number of hydrogen-bond acceptors (Lipinski definition) is 6. The highest BCUT2D eigenvalue weighted by Gasteiger charge is 2.22. The number of halogens is 1. The van der Waals surface area contributed by atoms with Gasteiger partial charge in [0, 0.05) is 48.6 Å². The maximum Gasteiger partial charge on any atom is 0.251 e. The van der Waals surface area contributed by atoms with E-state index >= 15 is 0 Å². The van der Waals surface area contributed by atoms with Crippen molar-refractivity contribution >= 4 is 32.8 Å². The summed E-state index contributed by atoms with van der Waals surface area (Å²) in [7, 11) is 2.08. The largest absolute Gasteiger partial charge is 0.492 e. The molecule has 1 amide bonds. The van der Waals surface area contributed by atoms with Crippen LogP contribution in [-0.4, -0.2) is 36.2 Å². The number of fused-ring (bicyclic) bond motifs is 1. The molecular weight excluding hydrogens is 440 g/mol. The number of benzene rings is 1. The highest BCUT2D eigenvalue weighted by atomic mass is 31.0. The minimum Gasteiger partial charge on any atom is -0.492 e. The van der Waals surface area contributed by atoms with Crippen molar-refractivity contribution in [3.8, 4) is 5.75 Å². The summed E-state index contributed by atoms with van der Waals surface area (Å²) in [6, 6.07) is 7.32. The number of carbonyl (C=O) groups excluding carboxylic acids is 1. The molecule has 0 fully saturated rings. The number of aromatic nitrogens is 1. The Labute approximate surface area is 195 Å². The topological polar surface area (TPSA) is 102 Å². The lowest BCUT2D eigenvalue weighted by molar-refractivity contribution is 0.0952. The smallest absolute Gasteiger partial charge is 0.251 e. The molecule has 0 saturated heterocycles. The number of rotatable bonds is 10. The van der Waals surface area contributed by atoms with Crippen molar-refractivity contribution in [3.63, 3.8) is 0 Å².